The summed E-state index contributed by atoms with van der Waals surface area (Å²) in [7, 11) is 0. The van der Waals surface area contributed by atoms with Crippen molar-refractivity contribution in [2.45, 2.75) is 13.5 Å². The number of nitrogens with zero attached hydrogens (tertiary/aromatic N) is 1. The van der Waals surface area contributed by atoms with Crippen LogP contribution in [-0.4, -0.2) is 22.3 Å². The Morgan fingerprint density at radius 2 is 2.14 bits per heavy atom. The standard InChI is InChI=1S/C13H12ClN3O4/c1-7-4-9(17-21-7)6-15-13(20)16-8-2-3-10(12(18)19)11(14)5-8/h2-5H,6H2,1H3,(H,18,19)(H2,15,16,20). The van der Waals surface area contributed by atoms with Crippen LogP contribution in [0.3, 0.4) is 0 Å². The first-order valence-electron chi connectivity index (χ1n) is 5.95. The first-order valence-corrected chi connectivity index (χ1v) is 6.33. The molecular weight excluding hydrogens is 298 g/mol. The summed E-state index contributed by atoms with van der Waals surface area (Å²) in [5, 5.41) is 17.8. The van der Waals surface area contributed by atoms with Crippen LogP contribution in [0.4, 0.5) is 10.5 Å². The molecule has 2 amide bonds. The number of aryl methyl sites for hydroxylation is 1. The van der Waals surface area contributed by atoms with E-state index < -0.39 is 12.0 Å². The molecule has 0 aliphatic carbocycles. The zero-order valence-corrected chi connectivity index (χ0v) is 11.8. The molecule has 0 fully saturated rings. The monoisotopic (exact) mass is 309 g/mol. The van der Waals surface area contributed by atoms with Gasteiger partial charge < -0.3 is 20.3 Å². The molecule has 0 saturated heterocycles. The van der Waals surface area contributed by atoms with Gasteiger partial charge in [-0.25, -0.2) is 9.59 Å². The van der Waals surface area contributed by atoms with Gasteiger partial charge in [-0.05, 0) is 25.1 Å². The van der Waals surface area contributed by atoms with E-state index in [2.05, 4.69) is 15.8 Å². The molecule has 0 radical (unpaired) electrons. The normalized spacial score (nSPS) is 10.2. The predicted molar refractivity (Wildman–Crippen MR) is 75.5 cm³/mol. The maximum Gasteiger partial charge on any atom is 0.337 e. The van der Waals surface area contributed by atoms with Gasteiger partial charge in [0.25, 0.3) is 0 Å². The van der Waals surface area contributed by atoms with Crippen LogP contribution in [0.1, 0.15) is 21.8 Å². The number of halogens is 1. The second kappa shape index (κ2) is 6.27. The van der Waals surface area contributed by atoms with Crippen molar-refractivity contribution in [3.8, 4) is 0 Å². The molecule has 7 nitrogen and oxygen atoms in total. The number of carbonyl (C=O) groups is 2. The van der Waals surface area contributed by atoms with Gasteiger partial charge in [-0.15, -0.1) is 0 Å². The number of rotatable bonds is 4. The Morgan fingerprint density at radius 1 is 1.38 bits per heavy atom. The third-order valence-corrected chi connectivity index (χ3v) is 2.88. The molecule has 0 spiro atoms. The zero-order chi connectivity index (χ0) is 15.4. The average Bonchev–Trinajstić information content (AvgIpc) is 2.82. The number of aromatic nitrogens is 1. The van der Waals surface area contributed by atoms with Gasteiger partial charge in [-0.2, -0.15) is 0 Å². The lowest BCUT2D eigenvalue weighted by molar-refractivity contribution is 0.0697. The largest absolute Gasteiger partial charge is 0.478 e. The van der Waals surface area contributed by atoms with Crippen LogP contribution in [0.5, 0.6) is 0 Å². The topological polar surface area (TPSA) is 104 Å². The Balaban J connectivity index is 1.93. The zero-order valence-electron chi connectivity index (χ0n) is 11.0. The van der Waals surface area contributed by atoms with Crippen LogP contribution >= 0.6 is 11.6 Å². The minimum Gasteiger partial charge on any atom is -0.478 e. The maximum atomic E-state index is 11.7. The quantitative estimate of drug-likeness (QED) is 0.805. The van der Waals surface area contributed by atoms with E-state index >= 15 is 0 Å². The predicted octanol–water partition coefficient (Wildman–Crippen LogP) is 2.66. The highest BCUT2D eigenvalue weighted by Gasteiger charge is 2.10. The summed E-state index contributed by atoms with van der Waals surface area (Å²) in [5.41, 5.74) is 0.960. The van der Waals surface area contributed by atoms with Crippen LogP contribution in [-0.2, 0) is 6.54 Å². The number of urea groups is 1. The molecule has 2 rings (SSSR count). The number of nitrogens with one attached hydrogen (secondary N) is 2. The minimum absolute atomic E-state index is 0.0271. The molecule has 1 heterocycles. The van der Waals surface area contributed by atoms with Crippen LogP contribution in [0.25, 0.3) is 0 Å². The van der Waals surface area contributed by atoms with E-state index in [0.717, 1.165) is 0 Å². The van der Waals surface area contributed by atoms with Crippen LogP contribution in [0.15, 0.2) is 28.8 Å². The van der Waals surface area contributed by atoms with E-state index in [-0.39, 0.29) is 17.1 Å². The summed E-state index contributed by atoms with van der Waals surface area (Å²) in [4.78, 5) is 22.5. The molecule has 0 atom stereocenters. The fourth-order valence-electron chi connectivity index (χ4n) is 1.61. The Hall–Kier alpha value is -2.54. The fourth-order valence-corrected chi connectivity index (χ4v) is 1.88. The van der Waals surface area contributed by atoms with Crippen molar-refractivity contribution in [3.63, 3.8) is 0 Å². The van der Waals surface area contributed by atoms with E-state index in [1.54, 1.807) is 13.0 Å². The van der Waals surface area contributed by atoms with E-state index in [1.165, 1.54) is 18.2 Å². The van der Waals surface area contributed by atoms with Crippen LogP contribution < -0.4 is 10.6 Å². The molecule has 1 aromatic carbocycles. The number of carbonyl (C=O) groups excluding carboxylic acids is 1. The second-order valence-corrected chi connectivity index (χ2v) is 4.64. The molecule has 110 valence electrons. The molecule has 21 heavy (non-hydrogen) atoms. The van der Waals surface area contributed by atoms with Crippen molar-refractivity contribution in [2.75, 3.05) is 5.32 Å². The molecule has 0 aliphatic rings. The minimum atomic E-state index is -1.13. The molecule has 0 saturated carbocycles. The first kappa shape index (κ1) is 14.9. The van der Waals surface area contributed by atoms with E-state index in [9.17, 15) is 9.59 Å². The summed E-state index contributed by atoms with van der Waals surface area (Å²) in [6, 6.07) is 5.38. The maximum absolute atomic E-state index is 11.7. The van der Waals surface area contributed by atoms with Crippen molar-refractivity contribution < 1.29 is 19.2 Å². The highest BCUT2D eigenvalue weighted by molar-refractivity contribution is 6.33. The molecule has 0 aliphatic heterocycles. The van der Waals surface area contributed by atoms with E-state index in [4.69, 9.17) is 21.2 Å². The molecular formula is C13H12ClN3O4. The third kappa shape index (κ3) is 3.96. The summed E-state index contributed by atoms with van der Waals surface area (Å²) in [6.07, 6.45) is 0. The lowest BCUT2D eigenvalue weighted by Crippen LogP contribution is -2.28. The van der Waals surface area contributed by atoms with Gasteiger partial charge in [0.15, 0.2) is 0 Å². The molecule has 0 bridgehead atoms. The lowest BCUT2D eigenvalue weighted by Gasteiger charge is -2.07. The Kier molecular flexibility index (Phi) is 4.44. The smallest absolute Gasteiger partial charge is 0.337 e. The van der Waals surface area contributed by atoms with Gasteiger partial charge in [-0.3, -0.25) is 0 Å². The second-order valence-electron chi connectivity index (χ2n) is 4.24. The number of hydrogen-bond acceptors (Lipinski definition) is 4. The van der Waals surface area contributed by atoms with E-state index in [0.29, 0.717) is 17.1 Å². The molecule has 0 unspecified atom stereocenters. The van der Waals surface area contributed by atoms with Crippen molar-refractivity contribution in [3.05, 3.63) is 46.3 Å². The Labute approximate surface area is 124 Å². The van der Waals surface area contributed by atoms with Gasteiger partial charge >= 0.3 is 12.0 Å². The van der Waals surface area contributed by atoms with Crippen molar-refractivity contribution in [2.24, 2.45) is 0 Å². The van der Waals surface area contributed by atoms with Crippen molar-refractivity contribution in [1.82, 2.24) is 10.5 Å². The van der Waals surface area contributed by atoms with Gasteiger partial charge in [0.1, 0.15) is 11.5 Å². The number of hydrogen-bond donors (Lipinski definition) is 3. The van der Waals surface area contributed by atoms with Gasteiger partial charge in [0, 0.05) is 11.8 Å². The fraction of sp³-hybridized carbons (Fsp3) is 0.154. The Morgan fingerprint density at radius 3 is 2.71 bits per heavy atom. The highest BCUT2D eigenvalue weighted by Crippen LogP contribution is 2.20. The summed E-state index contributed by atoms with van der Waals surface area (Å²) in [5.74, 6) is -0.472. The highest BCUT2D eigenvalue weighted by atomic mass is 35.5. The van der Waals surface area contributed by atoms with Gasteiger partial charge in [0.2, 0.25) is 0 Å². The van der Waals surface area contributed by atoms with Crippen LogP contribution in [0.2, 0.25) is 5.02 Å². The SMILES string of the molecule is Cc1cc(CNC(=O)Nc2ccc(C(=O)O)c(Cl)c2)no1. The summed E-state index contributed by atoms with van der Waals surface area (Å²) >= 11 is 5.81. The average molecular weight is 310 g/mol. The number of aromatic carboxylic acids is 1. The Bertz CT molecular complexity index is 684. The lowest BCUT2D eigenvalue weighted by atomic mass is 10.2. The third-order valence-electron chi connectivity index (χ3n) is 2.56. The number of carboxylic acids is 1. The molecule has 1 aromatic heterocycles. The van der Waals surface area contributed by atoms with Crippen molar-refractivity contribution in [1.29, 1.82) is 0 Å². The first-order chi connectivity index (χ1) is 9.95. The number of carboxylic acid groups (broad SMARTS) is 1. The molecule has 8 heteroatoms. The van der Waals surface area contributed by atoms with E-state index in [1.807, 2.05) is 0 Å². The van der Waals surface area contributed by atoms with Crippen LogP contribution in [0, 0.1) is 6.92 Å². The molecule has 3 N–H and O–H groups in total. The van der Waals surface area contributed by atoms with Crippen molar-refractivity contribution >= 4 is 29.3 Å². The molecule has 2 aromatic rings. The summed E-state index contributed by atoms with van der Waals surface area (Å²) in [6.45, 7) is 1.96. The van der Waals surface area contributed by atoms with Gasteiger partial charge in [-0.1, -0.05) is 16.8 Å². The number of benzene rings is 1. The van der Waals surface area contributed by atoms with Gasteiger partial charge in [0.05, 0.1) is 17.1 Å². The number of amides is 2. The number of anilines is 1. The summed E-state index contributed by atoms with van der Waals surface area (Å²) < 4.78 is 4.87.